The molecule has 0 heterocycles. The molecule has 1 aromatic rings. The number of unbranched alkanes of at least 4 members (excludes halogenated alkanes) is 5. The van der Waals surface area contributed by atoms with Crippen LogP contribution in [0.15, 0.2) is 66.8 Å². The van der Waals surface area contributed by atoms with Crippen molar-refractivity contribution >= 4 is 0 Å². The van der Waals surface area contributed by atoms with Crippen LogP contribution in [0.2, 0.25) is 0 Å². The van der Waals surface area contributed by atoms with Crippen molar-refractivity contribution in [3.05, 3.63) is 72.4 Å². The summed E-state index contributed by atoms with van der Waals surface area (Å²) in [5, 5.41) is 22.2. The molecule has 0 saturated heterocycles. The van der Waals surface area contributed by atoms with Crippen LogP contribution in [0.3, 0.4) is 0 Å². The normalized spacial score (nSPS) is 12.3. The number of benzene rings is 1. The number of aromatic hydroxyl groups is 2. The van der Waals surface area contributed by atoms with E-state index in [-0.39, 0.29) is 11.5 Å². The van der Waals surface area contributed by atoms with Crippen molar-refractivity contribution in [3.8, 4) is 11.5 Å². The zero-order valence-electron chi connectivity index (χ0n) is 19.4. The monoisotopic (exact) mass is 425 g/mol. The van der Waals surface area contributed by atoms with E-state index < -0.39 is 0 Å². The molecule has 1 rings (SSSR count). The summed E-state index contributed by atoms with van der Waals surface area (Å²) in [5.74, 6) is -0.106. The van der Waals surface area contributed by atoms with Crippen molar-refractivity contribution in [3.63, 3.8) is 0 Å². The summed E-state index contributed by atoms with van der Waals surface area (Å²) in [6.45, 7) is 4.14. The highest BCUT2D eigenvalue weighted by Gasteiger charge is 2.00. The molecule has 31 heavy (non-hydrogen) atoms. The van der Waals surface area contributed by atoms with E-state index in [0.717, 1.165) is 50.8 Å². The maximum Gasteiger partial charge on any atom is 0.157 e. The van der Waals surface area contributed by atoms with Crippen LogP contribution in [0.1, 0.15) is 76.7 Å². The summed E-state index contributed by atoms with van der Waals surface area (Å²) in [4.78, 5) is 0. The van der Waals surface area contributed by atoms with Crippen LogP contribution in [0.5, 0.6) is 11.5 Å². The standard InChI is InChI=1S/C28H43NO2/c1-2-3-4-5-6-7-8-9-10-11-12-13-14-15-16-17-18-19-23-29-24-22-26-20-21-27(30)28(31)25-26/h6-7,9-10,12-13,15-16,20-21,25,29-31H,2-5,8,11,14,17-19,22-24H2,1H3/b7-6+,10-9+,13-12+,16-15+. The number of phenols is 2. The predicted octanol–water partition coefficient (Wildman–Crippen LogP) is 7.38. The lowest BCUT2D eigenvalue weighted by atomic mass is 10.1. The highest BCUT2D eigenvalue weighted by Crippen LogP contribution is 2.24. The van der Waals surface area contributed by atoms with Gasteiger partial charge < -0.3 is 15.5 Å². The largest absolute Gasteiger partial charge is 0.504 e. The first-order valence-corrected chi connectivity index (χ1v) is 12.1. The van der Waals surface area contributed by atoms with Crippen molar-refractivity contribution in [2.45, 2.75) is 77.6 Å². The van der Waals surface area contributed by atoms with Crippen molar-refractivity contribution in [1.29, 1.82) is 0 Å². The molecule has 0 atom stereocenters. The van der Waals surface area contributed by atoms with Crippen molar-refractivity contribution in [2.24, 2.45) is 0 Å². The van der Waals surface area contributed by atoms with Gasteiger partial charge in [0, 0.05) is 0 Å². The van der Waals surface area contributed by atoms with E-state index in [0.29, 0.717) is 0 Å². The van der Waals surface area contributed by atoms with Gasteiger partial charge in [-0.1, -0.05) is 74.4 Å². The Kier molecular flexibility index (Phi) is 17.0. The highest BCUT2D eigenvalue weighted by molar-refractivity contribution is 5.40. The number of hydrogen-bond donors (Lipinski definition) is 3. The number of rotatable bonds is 18. The molecule has 0 spiro atoms. The molecule has 0 radical (unpaired) electrons. The SMILES string of the molecule is CCCCC/C=C/C/C=C/C/C=C/C/C=C/CCCCNCCc1ccc(O)c(O)c1. The smallest absolute Gasteiger partial charge is 0.157 e. The van der Waals surface area contributed by atoms with Gasteiger partial charge in [0.25, 0.3) is 0 Å². The Morgan fingerprint density at radius 3 is 1.84 bits per heavy atom. The molecule has 3 N–H and O–H groups in total. The Labute approximate surface area is 190 Å². The van der Waals surface area contributed by atoms with Gasteiger partial charge in [-0.2, -0.15) is 0 Å². The molecule has 1 aromatic carbocycles. The second-order valence-electron chi connectivity index (χ2n) is 7.91. The van der Waals surface area contributed by atoms with Gasteiger partial charge in [-0.25, -0.2) is 0 Å². The Hall–Kier alpha value is -2.26. The topological polar surface area (TPSA) is 52.5 Å². The van der Waals surface area contributed by atoms with Gasteiger partial charge in [-0.15, -0.1) is 0 Å². The second-order valence-corrected chi connectivity index (χ2v) is 7.91. The van der Waals surface area contributed by atoms with Gasteiger partial charge in [0.05, 0.1) is 0 Å². The Bertz CT molecular complexity index is 674. The molecule has 0 aliphatic carbocycles. The lowest BCUT2D eigenvalue weighted by Crippen LogP contribution is -2.18. The van der Waals surface area contributed by atoms with E-state index in [9.17, 15) is 10.2 Å². The van der Waals surface area contributed by atoms with Crippen LogP contribution in [0, 0.1) is 0 Å². The second kappa shape index (κ2) is 19.7. The van der Waals surface area contributed by atoms with Crippen molar-refractivity contribution in [1.82, 2.24) is 5.32 Å². The number of hydrogen-bond acceptors (Lipinski definition) is 3. The molecule has 0 unspecified atom stereocenters. The Morgan fingerprint density at radius 2 is 1.26 bits per heavy atom. The average Bonchev–Trinajstić information content (AvgIpc) is 2.77. The predicted molar refractivity (Wildman–Crippen MR) is 135 cm³/mol. The van der Waals surface area contributed by atoms with E-state index >= 15 is 0 Å². The average molecular weight is 426 g/mol. The minimum Gasteiger partial charge on any atom is -0.504 e. The Balaban J connectivity index is 1.89. The van der Waals surface area contributed by atoms with Crippen LogP contribution >= 0.6 is 0 Å². The summed E-state index contributed by atoms with van der Waals surface area (Å²) in [6, 6.07) is 5.01. The molecule has 3 nitrogen and oxygen atoms in total. The van der Waals surface area contributed by atoms with E-state index in [1.54, 1.807) is 6.07 Å². The van der Waals surface area contributed by atoms with E-state index in [1.165, 1.54) is 44.6 Å². The van der Waals surface area contributed by atoms with Crippen molar-refractivity contribution < 1.29 is 10.2 Å². The van der Waals surface area contributed by atoms with Gasteiger partial charge in [0.2, 0.25) is 0 Å². The molecule has 172 valence electrons. The third-order valence-electron chi connectivity index (χ3n) is 5.06. The molecule has 0 amide bonds. The lowest BCUT2D eigenvalue weighted by molar-refractivity contribution is 0.403. The maximum absolute atomic E-state index is 9.49. The molecule has 0 aromatic heterocycles. The summed E-state index contributed by atoms with van der Waals surface area (Å²) in [6.07, 6.45) is 30.7. The highest BCUT2D eigenvalue weighted by atomic mass is 16.3. The first-order valence-electron chi connectivity index (χ1n) is 12.1. The zero-order chi connectivity index (χ0) is 22.4. The quantitative estimate of drug-likeness (QED) is 0.131. The minimum atomic E-state index is -0.0615. The van der Waals surface area contributed by atoms with Crippen LogP contribution in [-0.4, -0.2) is 23.3 Å². The lowest BCUT2D eigenvalue weighted by Gasteiger charge is -2.05. The van der Waals surface area contributed by atoms with E-state index in [4.69, 9.17) is 0 Å². The van der Waals surface area contributed by atoms with E-state index in [1.807, 2.05) is 6.07 Å². The fourth-order valence-electron chi connectivity index (χ4n) is 3.16. The molecule has 0 aliphatic rings. The van der Waals surface area contributed by atoms with Crippen LogP contribution in [0.4, 0.5) is 0 Å². The summed E-state index contributed by atoms with van der Waals surface area (Å²) >= 11 is 0. The van der Waals surface area contributed by atoms with Crippen LogP contribution < -0.4 is 5.32 Å². The fraction of sp³-hybridized carbons (Fsp3) is 0.500. The molecular formula is C28H43NO2. The van der Waals surface area contributed by atoms with Crippen LogP contribution in [-0.2, 0) is 6.42 Å². The third kappa shape index (κ3) is 16.1. The van der Waals surface area contributed by atoms with E-state index in [2.05, 4.69) is 60.8 Å². The molecule has 3 heteroatoms. The van der Waals surface area contributed by atoms with Gasteiger partial charge in [-0.05, 0) is 88.6 Å². The number of allylic oxidation sites excluding steroid dienone is 8. The first kappa shape index (κ1) is 26.8. The van der Waals surface area contributed by atoms with Gasteiger partial charge in [0.1, 0.15) is 0 Å². The molecule has 0 aliphatic heterocycles. The molecule has 0 saturated carbocycles. The zero-order valence-corrected chi connectivity index (χ0v) is 19.4. The van der Waals surface area contributed by atoms with Gasteiger partial charge in [0.15, 0.2) is 11.5 Å². The summed E-state index contributed by atoms with van der Waals surface area (Å²) in [5.41, 5.74) is 1.03. The first-order chi connectivity index (χ1) is 15.2. The van der Waals surface area contributed by atoms with Crippen molar-refractivity contribution in [2.75, 3.05) is 13.1 Å². The van der Waals surface area contributed by atoms with Gasteiger partial charge in [-0.3, -0.25) is 0 Å². The minimum absolute atomic E-state index is 0.0449. The molecule has 0 bridgehead atoms. The fourth-order valence-corrected chi connectivity index (χ4v) is 3.16. The summed E-state index contributed by atoms with van der Waals surface area (Å²) in [7, 11) is 0. The number of nitrogens with one attached hydrogen (secondary N) is 1. The third-order valence-corrected chi connectivity index (χ3v) is 5.06. The molecular weight excluding hydrogens is 382 g/mol. The molecule has 0 fully saturated rings. The number of phenolic OH excluding ortho intramolecular Hbond substituents is 2. The summed E-state index contributed by atoms with van der Waals surface area (Å²) < 4.78 is 0. The van der Waals surface area contributed by atoms with Crippen LogP contribution in [0.25, 0.3) is 0 Å². The maximum atomic E-state index is 9.49. The van der Waals surface area contributed by atoms with Gasteiger partial charge >= 0.3 is 0 Å². The Morgan fingerprint density at radius 1 is 0.677 bits per heavy atom.